The van der Waals surface area contributed by atoms with E-state index >= 15 is 0 Å². The second-order valence-electron chi connectivity index (χ2n) is 4.82. The van der Waals surface area contributed by atoms with Crippen LogP contribution >= 0.6 is 0 Å². The van der Waals surface area contributed by atoms with E-state index in [9.17, 15) is 9.18 Å². The Kier molecular flexibility index (Phi) is 4.87. The minimum absolute atomic E-state index is 0.00383. The van der Waals surface area contributed by atoms with Crippen molar-refractivity contribution < 1.29 is 9.18 Å². The molecule has 1 saturated heterocycles. The van der Waals surface area contributed by atoms with Gasteiger partial charge in [-0.2, -0.15) is 0 Å². The first-order valence-corrected chi connectivity index (χ1v) is 6.67. The average Bonchev–Trinajstić information content (AvgIpc) is 2.94. The molecule has 1 amide bonds. The number of likely N-dealkylation sites (tertiary alicyclic amines) is 1. The van der Waals surface area contributed by atoms with Crippen LogP contribution in [0.1, 0.15) is 24.4 Å². The van der Waals surface area contributed by atoms with E-state index in [0.29, 0.717) is 6.54 Å². The van der Waals surface area contributed by atoms with Crippen LogP contribution in [0.5, 0.6) is 0 Å². The van der Waals surface area contributed by atoms with E-state index in [1.165, 1.54) is 25.0 Å². The van der Waals surface area contributed by atoms with Gasteiger partial charge < -0.3 is 11.1 Å². The lowest BCUT2D eigenvalue weighted by Gasteiger charge is -2.28. The normalized spacial score (nSPS) is 17.4. The summed E-state index contributed by atoms with van der Waals surface area (Å²) >= 11 is 0. The zero-order valence-corrected chi connectivity index (χ0v) is 10.9. The predicted molar refractivity (Wildman–Crippen MR) is 72.0 cm³/mol. The minimum Gasteiger partial charge on any atom is -0.353 e. The molecule has 0 bridgehead atoms. The molecule has 1 aliphatic heterocycles. The fraction of sp³-hybridized carbons (Fsp3) is 0.500. The van der Waals surface area contributed by atoms with Crippen LogP contribution in [0, 0.1) is 5.82 Å². The Labute approximate surface area is 112 Å². The van der Waals surface area contributed by atoms with Crippen LogP contribution in [0.3, 0.4) is 0 Å². The standard InChI is InChI=1S/C14H20FN3O/c15-12-5-3-11(4-6-12)13(10-17-14(19)9-16)18-7-1-2-8-18/h3-6,13H,1-2,7-10,16H2,(H,17,19). The van der Waals surface area contributed by atoms with Crippen LogP contribution in [0.15, 0.2) is 24.3 Å². The van der Waals surface area contributed by atoms with Gasteiger partial charge in [0.05, 0.1) is 12.6 Å². The number of halogens is 1. The molecule has 1 aliphatic rings. The van der Waals surface area contributed by atoms with E-state index in [4.69, 9.17) is 5.73 Å². The molecule has 3 N–H and O–H groups in total. The predicted octanol–water partition coefficient (Wildman–Crippen LogP) is 1.04. The molecule has 0 aromatic heterocycles. The maximum Gasteiger partial charge on any atom is 0.233 e. The molecule has 0 spiro atoms. The number of nitrogens with two attached hydrogens (primary N) is 1. The molecule has 1 unspecified atom stereocenters. The summed E-state index contributed by atoms with van der Waals surface area (Å²) in [7, 11) is 0. The van der Waals surface area contributed by atoms with Crippen molar-refractivity contribution >= 4 is 5.91 Å². The first-order valence-electron chi connectivity index (χ1n) is 6.67. The highest BCUT2D eigenvalue weighted by Crippen LogP contribution is 2.24. The summed E-state index contributed by atoms with van der Waals surface area (Å²) in [5, 5.41) is 2.82. The van der Waals surface area contributed by atoms with Gasteiger partial charge in [-0.05, 0) is 43.6 Å². The van der Waals surface area contributed by atoms with E-state index in [1.54, 1.807) is 12.1 Å². The van der Waals surface area contributed by atoms with Crippen LogP contribution in [-0.2, 0) is 4.79 Å². The van der Waals surface area contributed by atoms with Gasteiger partial charge in [0.2, 0.25) is 5.91 Å². The summed E-state index contributed by atoms with van der Waals surface area (Å²) in [4.78, 5) is 13.6. The third kappa shape index (κ3) is 3.75. The number of rotatable bonds is 5. The van der Waals surface area contributed by atoms with Gasteiger partial charge in [0.1, 0.15) is 5.82 Å². The van der Waals surface area contributed by atoms with E-state index in [1.807, 2.05) is 0 Å². The van der Waals surface area contributed by atoms with Crippen molar-refractivity contribution in [3.05, 3.63) is 35.6 Å². The molecular formula is C14H20FN3O. The molecule has 0 saturated carbocycles. The first kappa shape index (κ1) is 14.0. The second-order valence-corrected chi connectivity index (χ2v) is 4.82. The summed E-state index contributed by atoms with van der Waals surface area (Å²) in [5.74, 6) is -0.402. The van der Waals surface area contributed by atoms with Gasteiger partial charge >= 0.3 is 0 Å². The van der Waals surface area contributed by atoms with Gasteiger partial charge in [-0.25, -0.2) is 4.39 Å². The first-order chi connectivity index (χ1) is 9.20. The summed E-state index contributed by atoms with van der Waals surface area (Å²) < 4.78 is 13.0. The van der Waals surface area contributed by atoms with Crippen molar-refractivity contribution in [3.8, 4) is 0 Å². The monoisotopic (exact) mass is 265 g/mol. The van der Waals surface area contributed by atoms with Gasteiger partial charge in [0, 0.05) is 6.54 Å². The van der Waals surface area contributed by atoms with E-state index in [0.717, 1.165) is 18.7 Å². The number of hydrogen-bond acceptors (Lipinski definition) is 3. The molecule has 1 atom stereocenters. The average molecular weight is 265 g/mol. The Balaban J connectivity index is 2.08. The Morgan fingerprint density at radius 1 is 1.32 bits per heavy atom. The molecule has 2 rings (SSSR count). The number of amides is 1. The SMILES string of the molecule is NCC(=O)NCC(c1ccc(F)cc1)N1CCCC1. The van der Waals surface area contributed by atoms with Crippen molar-refractivity contribution in [2.75, 3.05) is 26.2 Å². The molecule has 1 aromatic rings. The van der Waals surface area contributed by atoms with Crippen molar-refractivity contribution in [2.24, 2.45) is 5.73 Å². The Hall–Kier alpha value is -1.46. The molecular weight excluding hydrogens is 245 g/mol. The Morgan fingerprint density at radius 3 is 2.53 bits per heavy atom. The maximum atomic E-state index is 13.0. The van der Waals surface area contributed by atoms with Crippen LogP contribution in [-0.4, -0.2) is 37.0 Å². The number of carbonyl (C=O) groups is 1. The topological polar surface area (TPSA) is 58.4 Å². The summed E-state index contributed by atoms with van der Waals surface area (Å²) in [6.07, 6.45) is 2.34. The zero-order valence-electron chi connectivity index (χ0n) is 10.9. The molecule has 4 nitrogen and oxygen atoms in total. The van der Waals surface area contributed by atoms with Crippen LogP contribution in [0.2, 0.25) is 0 Å². The highest BCUT2D eigenvalue weighted by atomic mass is 19.1. The van der Waals surface area contributed by atoms with E-state index in [2.05, 4.69) is 10.2 Å². The second kappa shape index (κ2) is 6.63. The van der Waals surface area contributed by atoms with E-state index < -0.39 is 0 Å². The van der Waals surface area contributed by atoms with Crippen molar-refractivity contribution in [3.63, 3.8) is 0 Å². The fourth-order valence-corrected chi connectivity index (χ4v) is 2.48. The van der Waals surface area contributed by atoms with Gasteiger partial charge in [0.25, 0.3) is 0 Å². The highest BCUT2D eigenvalue weighted by Gasteiger charge is 2.23. The highest BCUT2D eigenvalue weighted by molar-refractivity contribution is 5.77. The lowest BCUT2D eigenvalue weighted by Crippen LogP contribution is -2.39. The molecule has 5 heteroatoms. The lowest BCUT2D eigenvalue weighted by molar-refractivity contribution is -0.119. The van der Waals surface area contributed by atoms with Crippen LogP contribution < -0.4 is 11.1 Å². The number of benzene rings is 1. The van der Waals surface area contributed by atoms with Crippen molar-refractivity contribution in [1.82, 2.24) is 10.2 Å². The molecule has 19 heavy (non-hydrogen) atoms. The maximum absolute atomic E-state index is 13.0. The number of hydrogen-bond donors (Lipinski definition) is 2. The third-order valence-corrected chi connectivity index (χ3v) is 3.51. The smallest absolute Gasteiger partial charge is 0.233 e. The Bertz CT molecular complexity index is 415. The van der Waals surface area contributed by atoms with E-state index in [-0.39, 0.29) is 24.3 Å². The molecule has 1 fully saturated rings. The molecule has 1 heterocycles. The molecule has 0 aliphatic carbocycles. The quantitative estimate of drug-likeness (QED) is 0.836. The van der Waals surface area contributed by atoms with Gasteiger partial charge in [-0.3, -0.25) is 9.69 Å². The summed E-state index contributed by atoms with van der Waals surface area (Å²) in [6, 6.07) is 6.59. The zero-order chi connectivity index (χ0) is 13.7. The van der Waals surface area contributed by atoms with Crippen LogP contribution in [0.25, 0.3) is 0 Å². The third-order valence-electron chi connectivity index (χ3n) is 3.51. The summed E-state index contributed by atoms with van der Waals surface area (Å²) in [5.41, 5.74) is 6.32. The minimum atomic E-state index is -0.241. The lowest BCUT2D eigenvalue weighted by atomic mass is 10.1. The molecule has 104 valence electrons. The molecule has 0 radical (unpaired) electrons. The van der Waals surface area contributed by atoms with Gasteiger partial charge in [0.15, 0.2) is 0 Å². The van der Waals surface area contributed by atoms with Crippen molar-refractivity contribution in [2.45, 2.75) is 18.9 Å². The van der Waals surface area contributed by atoms with Crippen molar-refractivity contribution in [1.29, 1.82) is 0 Å². The number of carbonyl (C=O) groups excluding carboxylic acids is 1. The largest absolute Gasteiger partial charge is 0.353 e. The van der Waals surface area contributed by atoms with Gasteiger partial charge in [-0.1, -0.05) is 12.1 Å². The Morgan fingerprint density at radius 2 is 1.95 bits per heavy atom. The fourth-order valence-electron chi connectivity index (χ4n) is 2.48. The van der Waals surface area contributed by atoms with Crippen LogP contribution in [0.4, 0.5) is 4.39 Å². The summed E-state index contributed by atoms with van der Waals surface area (Å²) in [6.45, 7) is 2.54. The molecule has 1 aromatic carbocycles. The van der Waals surface area contributed by atoms with Gasteiger partial charge in [-0.15, -0.1) is 0 Å². The number of nitrogens with zero attached hydrogens (tertiary/aromatic N) is 1. The number of nitrogens with one attached hydrogen (secondary N) is 1.